The first-order valence-corrected chi connectivity index (χ1v) is 6.38. The number of benzene rings is 2. The molecule has 0 saturated heterocycles. The maximum atomic E-state index is 10.7. The highest BCUT2D eigenvalue weighted by molar-refractivity contribution is 5.77. The molecule has 3 rings (SSSR count). The van der Waals surface area contributed by atoms with Gasteiger partial charge in [-0.05, 0) is 30.7 Å². The molecular formula is C15H13N3O3. The highest BCUT2D eigenvalue weighted by atomic mass is 16.6. The Morgan fingerprint density at radius 1 is 1.24 bits per heavy atom. The van der Waals surface area contributed by atoms with Gasteiger partial charge in [-0.1, -0.05) is 0 Å². The van der Waals surface area contributed by atoms with Crippen LogP contribution in [0.2, 0.25) is 0 Å². The van der Waals surface area contributed by atoms with Crippen LogP contribution in [0.3, 0.4) is 0 Å². The third kappa shape index (κ3) is 2.43. The second-order valence-corrected chi connectivity index (χ2v) is 4.81. The topological polar surface area (TPSA) is 70.2 Å². The number of hydrogen-bond donors (Lipinski definition) is 0. The van der Waals surface area contributed by atoms with Gasteiger partial charge in [-0.2, -0.15) is 0 Å². The van der Waals surface area contributed by atoms with Crippen LogP contribution >= 0.6 is 0 Å². The van der Waals surface area contributed by atoms with Crippen LogP contribution < -0.4 is 4.74 Å². The van der Waals surface area contributed by atoms with Crippen LogP contribution in [0.25, 0.3) is 11.0 Å². The predicted octanol–water partition coefficient (Wildman–Crippen LogP) is 3.58. The standard InChI is InChI=1S/C15H13N3O3/c1-10-7-11(18(19)20)3-6-15(10)21-12-4-5-14-13(8-12)16-9-17(14)2/h3-9H,1-2H3. The van der Waals surface area contributed by atoms with Crippen molar-refractivity contribution in [2.24, 2.45) is 7.05 Å². The van der Waals surface area contributed by atoms with Gasteiger partial charge in [-0.15, -0.1) is 0 Å². The minimum atomic E-state index is -0.420. The minimum absolute atomic E-state index is 0.0556. The normalized spacial score (nSPS) is 10.8. The Balaban J connectivity index is 1.92. The summed E-state index contributed by atoms with van der Waals surface area (Å²) >= 11 is 0. The van der Waals surface area contributed by atoms with Crippen LogP contribution in [0.5, 0.6) is 11.5 Å². The molecule has 0 amide bonds. The summed E-state index contributed by atoms with van der Waals surface area (Å²) in [6, 6.07) is 10.2. The first-order chi connectivity index (χ1) is 10.0. The number of hydrogen-bond acceptors (Lipinski definition) is 4. The molecule has 0 saturated carbocycles. The highest BCUT2D eigenvalue weighted by Gasteiger charge is 2.10. The second kappa shape index (κ2) is 4.90. The average molecular weight is 283 g/mol. The molecule has 0 fully saturated rings. The molecule has 1 aromatic heterocycles. The van der Waals surface area contributed by atoms with Gasteiger partial charge in [-0.25, -0.2) is 4.98 Å². The van der Waals surface area contributed by atoms with E-state index in [2.05, 4.69) is 4.98 Å². The number of fused-ring (bicyclic) bond motifs is 1. The van der Waals surface area contributed by atoms with Crippen molar-refractivity contribution in [2.75, 3.05) is 0 Å². The van der Waals surface area contributed by atoms with E-state index in [9.17, 15) is 10.1 Å². The molecule has 0 bridgehead atoms. The number of aryl methyl sites for hydroxylation is 2. The van der Waals surface area contributed by atoms with E-state index in [1.54, 1.807) is 19.3 Å². The lowest BCUT2D eigenvalue weighted by Crippen LogP contribution is -1.92. The van der Waals surface area contributed by atoms with Gasteiger partial charge in [0.05, 0.1) is 22.3 Å². The Bertz CT molecular complexity index is 839. The molecule has 2 aromatic carbocycles. The Hall–Kier alpha value is -2.89. The minimum Gasteiger partial charge on any atom is -0.457 e. The maximum Gasteiger partial charge on any atom is 0.269 e. The van der Waals surface area contributed by atoms with E-state index in [-0.39, 0.29) is 5.69 Å². The molecule has 0 atom stereocenters. The quantitative estimate of drug-likeness (QED) is 0.544. The second-order valence-electron chi connectivity index (χ2n) is 4.81. The van der Waals surface area contributed by atoms with Crippen LogP contribution in [0.4, 0.5) is 5.69 Å². The van der Waals surface area contributed by atoms with Gasteiger partial charge in [0.2, 0.25) is 0 Å². The van der Waals surface area contributed by atoms with E-state index in [4.69, 9.17) is 4.74 Å². The third-order valence-electron chi connectivity index (χ3n) is 3.29. The summed E-state index contributed by atoms with van der Waals surface area (Å²) in [5.74, 6) is 1.24. The smallest absolute Gasteiger partial charge is 0.269 e. The number of non-ortho nitro benzene ring substituents is 1. The van der Waals surface area contributed by atoms with Gasteiger partial charge < -0.3 is 9.30 Å². The van der Waals surface area contributed by atoms with Crippen molar-refractivity contribution in [3.8, 4) is 11.5 Å². The van der Waals surface area contributed by atoms with Gasteiger partial charge in [0.1, 0.15) is 11.5 Å². The Morgan fingerprint density at radius 3 is 2.76 bits per heavy atom. The lowest BCUT2D eigenvalue weighted by molar-refractivity contribution is -0.384. The van der Waals surface area contributed by atoms with E-state index < -0.39 is 4.92 Å². The molecule has 106 valence electrons. The average Bonchev–Trinajstić information content (AvgIpc) is 2.82. The lowest BCUT2D eigenvalue weighted by Gasteiger charge is -2.08. The largest absolute Gasteiger partial charge is 0.457 e. The summed E-state index contributed by atoms with van der Waals surface area (Å²) in [7, 11) is 1.93. The molecule has 6 heteroatoms. The van der Waals surface area contributed by atoms with Crippen molar-refractivity contribution < 1.29 is 9.66 Å². The third-order valence-corrected chi connectivity index (χ3v) is 3.29. The fourth-order valence-corrected chi connectivity index (χ4v) is 2.17. The zero-order valence-corrected chi connectivity index (χ0v) is 11.6. The SMILES string of the molecule is Cc1cc([N+](=O)[O-])ccc1Oc1ccc2c(c1)ncn2C. The van der Waals surface area contributed by atoms with Crippen molar-refractivity contribution in [1.29, 1.82) is 0 Å². The first kappa shape index (κ1) is 13.1. The van der Waals surface area contributed by atoms with Gasteiger partial charge in [-0.3, -0.25) is 10.1 Å². The molecule has 0 aliphatic heterocycles. The van der Waals surface area contributed by atoms with Crippen LogP contribution in [0.1, 0.15) is 5.56 Å². The monoisotopic (exact) mass is 283 g/mol. The van der Waals surface area contributed by atoms with E-state index in [1.165, 1.54) is 12.1 Å². The Labute approximate surface area is 120 Å². The van der Waals surface area contributed by atoms with E-state index in [0.29, 0.717) is 17.1 Å². The van der Waals surface area contributed by atoms with Crippen LogP contribution in [-0.2, 0) is 7.05 Å². The Kier molecular flexibility index (Phi) is 3.06. The van der Waals surface area contributed by atoms with Gasteiger partial charge >= 0.3 is 0 Å². The van der Waals surface area contributed by atoms with Gasteiger partial charge in [0, 0.05) is 25.2 Å². The fourth-order valence-electron chi connectivity index (χ4n) is 2.17. The molecule has 0 unspecified atom stereocenters. The number of nitrogens with zero attached hydrogens (tertiary/aromatic N) is 3. The molecule has 1 heterocycles. The number of imidazole rings is 1. The number of rotatable bonds is 3. The number of nitro benzene ring substituents is 1. The molecule has 6 nitrogen and oxygen atoms in total. The molecule has 0 radical (unpaired) electrons. The zero-order chi connectivity index (χ0) is 15.0. The summed E-state index contributed by atoms with van der Waals surface area (Å²) in [5, 5.41) is 10.7. The molecule has 0 aliphatic rings. The van der Waals surface area contributed by atoms with Crippen molar-refractivity contribution >= 4 is 16.7 Å². The summed E-state index contributed by atoms with van der Waals surface area (Å²) < 4.78 is 7.72. The van der Waals surface area contributed by atoms with Crippen LogP contribution in [0.15, 0.2) is 42.7 Å². The summed E-state index contributed by atoms with van der Waals surface area (Å²) in [4.78, 5) is 14.6. The van der Waals surface area contributed by atoms with Crippen LogP contribution in [0, 0.1) is 17.0 Å². The predicted molar refractivity (Wildman–Crippen MR) is 78.6 cm³/mol. The van der Waals surface area contributed by atoms with E-state index in [1.807, 2.05) is 29.8 Å². The van der Waals surface area contributed by atoms with Crippen molar-refractivity contribution in [3.63, 3.8) is 0 Å². The van der Waals surface area contributed by atoms with Gasteiger partial charge in [0.15, 0.2) is 0 Å². The van der Waals surface area contributed by atoms with E-state index >= 15 is 0 Å². The maximum absolute atomic E-state index is 10.7. The number of ether oxygens (including phenoxy) is 1. The number of aromatic nitrogens is 2. The van der Waals surface area contributed by atoms with Crippen molar-refractivity contribution in [1.82, 2.24) is 9.55 Å². The first-order valence-electron chi connectivity index (χ1n) is 6.38. The van der Waals surface area contributed by atoms with Crippen LogP contribution in [-0.4, -0.2) is 14.5 Å². The number of nitro groups is 1. The van der Waals surface area contributed by atoms with Crippen molar-refractivity contribution in [3.05, 3.63) is 58.4 Å². The zero-order valence-electron chi connectivity index (χ0n) is 11.6. The molecule has 3 aromatic rings. The van der Waals surface area contributed by atoms with Crippen molar-refractivity contribution in [2.45, 2.75) is 6.92 Å². The molecule has 0 aliphatic carbocycles. The highest BCUT2D eigenvalue weighted by Crippen LogP contribution is 2.29. The fraction of sp³-hybridized carbons (Fsp3) is 0.133. The molecular weight excluding hydrogens is 270 g/mol. The summed E-state index contributed by atoms with van der Waals surface area (Å²) in [5.41, 5.74) is 2.63. The van der Waals surface area contributed by atoms with Gasteiger partial charge in [0.25, 0.3) is 5.69 Å². The molecule has 0 N–H and O–H groups in total. The Morgan fingerprint density at radius 2 is 2.05 bits per heavy atom. The van der Waals surface area contributed by atoms with E-state index in [0.717, 1.165) is 11.0 Å². The lowest BCUT2D eigenvalue weighted by atomic mass is 10.2. The molecule has 0 spiro atoms. The molecule has 21 heavy (non-hydrogen) atoms. The summed E-state index contributed by atoms with van der Waals surface area (Å²) in [6.07, 6.45) is 1.74. The summed E-state index contributed by atoms with van der Waals surface area (Å²) in [6.45, 7) is 1.78.